The van der Waals surface area contributed by atoms with Crippen molar-refractivity contribution in [3.8, 4) is 5.75 Å². The van der Waals surface area contributed by atoms with Crippen LogP contribution >= 0.6 is 24.8 Å². The lowest BCUT2D eigenvalue weighted by Gasteiger charge is -2.27. The van der Waals surface area contributed by atoms with Gasteiger partial charge in [-0.05, 0) is 37.9 Å². The lowest BCUT2D eigenvalue weighted by molar-refractivity contribution is 0.192. The quantitative estimate of drug-likeness (QED) is 0.920. The molecule has 3 nitrogen and oxygen atoms in total. The normalized spacial score (nSPS) is 22.4. The van der Waals surface area contributed by atoms with E-state index in [9.17, 15) is 0 Å². The maximum absolute atomic E-state index is 5.76. The Bertz CT molecular complexity index is 303. The van der Waals surface area contributed by atoms with Crippen molar-refractivity contribution in [3.05, 3.63) is 24.5 Å². The third kappa shape index (κ3) is 4.34. The first-order valence-corrected chi connectivity index (χ1v) is 5.62. The molecule has 1 aliphatic rings. The molecule has 1 aromatic heterocycles. The minimum Gasteiger partial charge on any atom is -0.490 e. The summed E-state index contributed by atoms with van der Waals surface area (Å²) in [6.07, 6.45) is 7.11. The van der Waals surface area contributed by atoms with Crippen molar-refractivity contribution in [2.45, 2.75) is 31.7 Å². The Morgan fingerprint density at radius 2 is 2.29 bits per heavy atom. The average molecular weight is 279 g/mol. The smallest absolute Gasteiger partial charge is 0.137 e. The summed E-state index contributed by atoms with van der Waals surface area (Å²) < 4.78 is 5.76. The maximum Gasteiger partial charge on any atom is 0.137 e. The second-order valence-electron chi connectivity index (χ2n) is 4.14. The van der Waals surface area contributed by atoms with Crippen LogP contribution in [0.15, 0.2) is 24.5 Å². The molecule has 2 rings (SSSR count). The van der Waals surface area contributed by atoms with E-state index in [1.54, 1.807) is 12.4 Å². The molecule has 0 saturated carbocycles. The molecule has 0 amide bonds. The highest BCUT2D eigenvalue weighted by Gasteiger charge is 2.32. The van der Waals surface area contributed by atoms with E-state index in [1.165, 1.54) is 12.8 Å². The fourth-order valence-corrected chi connectivity index (χ4v) is 2.05. The van der Waals surface area contributed by atoms with Crippen molar-refractivity contribution in [1.29, 1.82) is 0 Å². The molecule has 2 heterocycles. The number of hydrogen-bond acceptors (Lipinski definition) is 3. The Balaban J connectivity index is 0.00000128. The highest BCUT2D eigenvalue weighted by atomic mass is 35.5. The summed E-state index contributed by atoms with van der Waals surface area (Å²) in [5, 5.41) is 3.54. The van der Waals surface area contributed by atoms with Crippen LogP contribution in [-0.2, 0) is 0 Å². The molecule has 1 aromatic rings. The maximum atomic E-state index is 5.76. The molecule has 1 fully saturated rings. The van der Waals surface area contributed by atoms with E-state index < -0.39 is 0 Å². The zero-order chi connectivity index (χ0) is 10.6. The number of aromatic nitrogens is 1. The van der Waals surface area contributed by atoms with Gasteiger partial charge in [0.1, 0.15) is 12.4 Å². The summed E-state index contributed by atoms with van der Waals surface area (Å²) in [4.78, 5) is 4.03. The Labute approximate surface area is 115 Å². The van der Waals surface area contributed by atoms with Gasteiger partial charge in [0.05, 0.1) is 11.7 Å². The Morgan fingerprint density at radius 1 is 1.47 bits per heavy atom. The van der Waals surface area contributed by atoms with Gasteiger partial charge in [-0.15, -0.1) is 24.8 Å². The lowest BCUT2D eigenvalue weighted by Crippen LogP contribution is -2.44. The van der Waals surface area contributed by atoms with Gasteiger partial charge in [-0.2, -0.15) is 0 Å². The van der Waals surface area contributed by atoms with Crippen molar-refractivity contribution in [2.24, 2.45) is 0 Å². The molecule has 0 aliphatic carbocycles. The second kappa shape index (κ2) is 7.75. The Hall–Kier alpha value is -0.510. The van der Waals surface area contributed by atoms with Crippen LogP contribution in [0.1, 0.15) is 26.2 Å². The van der Waals surface area contributed by atoms with Crippen LogP contribution in [-0.4, -0.2) is 23.7 Å². The van der Waals surface area contributed by atoms with Gasteiger partial charge in [0.25, 0.3) is 0 Å². The molecule has 1 N–H and O–H groups in total. The zero-order valence-corrected chi connectivity index (χ0v) is 11.6. The van der Waals surface area contributed by atoms with E-state index in [-0.39, 0.29) is 30.4 Å². The second-order valence-corrected chi connectivity index (χ2v) is 4.14. The first-order chi connectivity index (χ1) is 7.35. The van der Waals surface area contributed by atoms with E-state index in [0.717, 1.165) is 25.3 Å². The molecule has 1 saturated heterocycles. The first-order valence-electron chi connectivity index (χ1n) is 5.62. The molecule has 0 aromatic carbocycles. The van der Waals surface area contributed by atoms with Crippen LogP contribution in [0.2, 0.25) is 0 Å². The predicted octanol–water partition coefficient (Wildman–Crippen LogP) is 2.84. The van der Waals surface area contributed by atoms with Gasteiger partial charge in [-0.25, -0.2) is 0 Å². The summed E-state index contributed by atoms with van der Waals surface area (Å²) in [5.74, 6) is 0.860. The number of pyridine rings is 1. The molecule has 98 valence electrons. The van der Waals surface area contributed by atoms with E-state index >= 15 is 0 Å². The highest BCUT2D eigenvalue weighted by molar-refractivity contribution is 5.85. The Kier molecular flexibility index (Phi) is 7.51. The van der Waals surface area contributed by atoms with Gasteiger partial charge in [-0.3, -0.25) is 4.98 Å². The molecular weight excluding hydrogens is 259 g/mol. The third-order valence-electron chi connectivity index (χ3n) is 3.16. The van der Waals surface area contributed by atoms with E-state index in [2.05, 4.69) is 17.2 Å². The molecule has 0 radical (unpaired) electrons. The molecular formula is C12H20Cl2N2O. The molecule has 1 aliphatic heterocycles. The van der Waals surface area contributed by atoms with E-state index in [0.29, 0.717) is 0 Å². The predicted molar refractivity (Wildman–Crippen MR) is 74.5 cm³/mol. The van der Waals surface area contributed by atoms with Crippen molar-refractivity contribution in [2.75, 3.05) is 13.2 Å². The molecule has 17 heavy (non-hydrogen) atoms. The molecule has 0 bridgehead atoms. The van der Waals surface area contributed by atoms with Gasteiger partial charge in [0.2, 0.25) is 0 Å². The monoisotopic (exact) mass is 278 g/mol. The number of rotatable bonds is 4. The lowest BCUT2D eigenvalue weighted by atomic mass is 9.95. The Morgan fingerprint density at radius 3 is 2.82 bits per heavy atom. The van der Waals surface area contributed by atoms with Crippen LogP contribution < -0.4 is 10.1 Å². The largest absolute Gasteiger partial charge is 0.490 e. The highest BCUT2D eigenvalue weighted by Crippen LogP contribution is 2.24. The van der Waals surface area contributed by atoms with Crippen molar-refractivity contribution < 1.29 is 4.74 Å². The van der Waals surface area contributed by atoms with Crippen molar-refractivity contribution in [1.82, 2.24) is 10.3 Å². The number of nitrogens with zero attached hydrogens (tertiary/aromatic N) is 1. The molecule has 0 spiro atoms. The standard InChI is InChI=1S/C12H18N2O.2ClH/c1-2-12(6-4-8-14-12)10-15-11-5-3-7-13-9-11;;/h3,5,7,9,14H,2,4,6,8,10H2,1H3;2*1H/t12-;;/m0../s1. The van der Waals surface area contributed by atoms with Crippen LogP contribution in [0.25, 0.3) is 0 Å². The fourth-order valence-electron chi connectivity index (χ4n) is 2.05. The number of hydrogen-bond donors (Lipinski definition) is 1. The summed E-state index contributed by atoms with van der Waals surface area (Å²) in [6.45, 7) is 4.07. The van der Waals surface area contributed by atoms with Crippen LogP contribution in [0.4, 0.5) is 0 Å². The van der Waals surface area contributed by atoms with Gasteiger partial charge >= 0.3 is 0 Å². The van der Waals surface area contributed by atoms with Crippen molar-refractivity contribution in [3.63, 3.8) is 0 Å². The minimum absolute atomic E-state index is 0. The van der Waals surface area contributed by atoms with E-state index in [4.69, 9.17) is 4.74 Å². The van der Waals surface area contributed by atoms with Gasteiger partial charge in [0.15, 0.2) is 0 Å². The van der Waals surface area contributed by atoms with Gasteiger partial charge in [-0.1, -0.05) is 6.92 Å². The summed E-state index contributed by atoms with van der Waals surface area (Å²) >= 11 is 0. The molecule has 5 heteroatoms. The number of ether oxygens (including phenoxy) is 1. The van der Waals surface area contributed by atoms with Crippen LogP contribution in [0, 0.1) is 0 Å². The first kappa shape index (κ1) is 16.5. The van der Waals surface area contributed by atoms with E-state index in [1.807, 2.05) is 12.1 Å². The van der Waals surface area contributed by atoms with Crippen LogP contribution in [0.5, 0.6) is 5.75 Å². The molecule has 0 unspecified atom stereocenters. The zero-order valence-electron chi connectivity index (χ0n) is 10.0. The summed E-state index contributed by atoms with van der Waals surface area (Å²) in [7, 11) is 0. The third-order valence-corrected chi connectivity index (χ3v) is 3.16. The summed E-state index contributed by atoms with van der Waals surface area (Å²) in [5.41, 5.74) is 0.190. The fraction of sp³-hybridized carbons (Fsp3) is 0.583. The minimum atomic E-state index is 0. The van der Waals surface area contributed by atoms with Gasteiger partial charge < -0.3 is 10.1 Å². The number of nitrogens with one attached hydrogen (secondary N) is 1. The topological polar surface area (TPSA) is 34.1 Å². The van der Waals surface area contributed by atoms with Crippen molar-refractivity contribution >= 4 is 24.8 Å². The summed E-state index contributed by atoms with van der Waals surface area (Å²) in [6, 6.07) is 3.85. The van der Waals surface area contributed by atoms with Gasteiger partial charge in [0, 0.05) is 6.20 Å². The average Bonchev–Trinajstić information content (AvgIpc) is 2.77. The SMILES string of the molecule is CC[C@@]1(COc2cccnc2)CCCN1.Cl.Cl. The number of halogens is 2. The molecule has 1 atom stereocenters. The van der Waals surface area contributed by atoms with Crippen LogP contribution in [0.3, 0.4) is 0 Å².